The van der Waals surface area contributed by atoms with Crippen molar-refractivity contribution in [2.75, 3.05) is 0 Å². The van der Waals surface area contributed by atoms with E-state index in [2.05, 4.69) is 68.1 Å². The van der Waals surface area contributed by atoms with Crippen LogP contribution in [0.4, 0.5) is 0 Å². The summed E-state index contributed by atoms with van der Waals surface area (Å²) < 4.78 is 2.20. The third kappa shape index (κ3) is 3.48. The van der Waals surface area contributed by atoms with Crippen molar-refractivity contribution in [1.82, 2.24) is 4.57 Å². The first-order chi connectivity index (χ1) is 9.10. The van der Waals surface area contributed by atoms with Gasteiger partial charge in [-0.2, -0.15) is 0 Å². The van der Waals surface area contributed by atoms with Crippen molar-refractivity contribution in [2.45, 2.75) is 45.7 Å². The van der Waals surface area contributed by atoms with Gasteiger partial charge < -0.3 is 10.3 Å². The van der Waals surface area contributed by atoms with Gasteiger partial charge in [0.2, 0.25) is 0 Å². The summed E-state index contributed by atoms with van der Waals surface area (Å²) in [6, 6.07) is 11.2. The summed E-state index contributed by atoms with van der Waals surface area (Å²) in [5.41, 5.74) is 9.99. The first-order valence-electron chi connectivity index (χ1n) is 7.10. The molecule has 19 heavy (non-hydrogen) atoms. The van der Waals surface area contributed by atoms with E-state index in [0.717, 1.165) is 13.0 Å². The Labute approximate surface area is 116 Å². The number of hydrogen-bond acceptors (Lipinski definition) is 1. The number of nitrogens with zero attached hydrogens (tertiary/aromatic N) is 1. The molecule has 102 valence electrons. The third-order valence-electron chi connectivity index (χ3n) is 3.65. The largest absolute Gasteiger partial charge is 0.350 e. The number of nitrogens with two attached hydrogens (primary N) is 1. The molecule has 0 aliphatic heterocycles. The van der Waals surface area contributed by atoms with Crippen molar-refractivity contribution in [1.29, 1.82) is 0 Å². The molecule has 0 aliphatic rings. The van der Waals surface area contributed by atoms with Crippen molar-refractivity contribution in [3.63, 3.8) is 0 Å². The molecular weight excluding hydrogens is 232 g/mol. The lowest BCUT2D eigenvalue weighted by Gasteiger charge is -2.08. The van der Waals surface area contributed by atoms with Crippen LogP contribution in [0.3, 0.4) is 0 Å². The predicted molar refractivity (Wildman–Crippen MR) is 81.3 cm³/mol. The van der Waals surface area contributed by atoms with Crippen molar-refractivity contribution < 1.29 is 0 Å². The quantitative estimate of drug-likeness (QED) is 0.859. The number of benzene rings is 1. The van der Waals surface area contributed by atoms with Crippen molar-refractivity contribution >= 4 is 0 Å². The van der Waals surface area contributed by atoms with Crippen LogP contribution < -0.4 is 5.73 Å². The lowest BCUT2D eigenvalue weighted by Crippen LogP contribution is -2.07. The maximum absolute atomic E-state index is 6.04. The highest BCUT2D eigenvalue weighted by Gasteiger charge is 2.05. The Morgan fingerprint density at radius 1 is 1.05 bits per heavy atom. The van der Waals surface area contributed by atoms with Gasteiger partial charge in [0.25, 0.3) is 0 Å². The fraction of sp³-hybridized carbons (Fsp3) is 0.412. The standard InChI is InChI=1S/C17H24N2/c1-4-17(18)16-9-10-19(12-16)11-14-5-7-15(8-6-14)13(2)3/h5-10,12-13,17H,4,11,18H2,1-3H3. The van der Waals surface area contributed by atoms with Gasteiger partial charge in [-0.05, 0) is 35.1 Å². The number of aromatic nitrogens is 1. The van der Waals surface area contributed by atoms with Crippen LogP contribution in [0, 0.1) is 0 Å². The molecule has 0 spiro atoms. The van der Waals surface area contributed by atoms with E-state index in [9.17, 15) is 0 Å². The van der Waals surface area contributed by atoms with Crippen LogP contribution in [0.15, 0.2) is 42.7 Å². The minimum absolute atomic E-state index is 0.157. The van der Waals surface area contributed by atoms with Crippen molar-refractivity contribution in [3.05, 3.63) is 59.4 Å². The van der Waals surface area contributed by atoms with E-state index in [4.69, 9.17) is 5.73 Å². The second-order valence-electron chi connectivity index (χ2n) is 5.53. The molecule has 1 aromatic heterocycles. The minimum atomic E-state index is 0.157. The molecule has 1 heterocycles. The van der Waals surface area contributed by atoms with E-state index >= 15 is 0 Å². The van der Waals surface area contributed by atoms with Gasteiger partial charge in [0, 0.05) is 25.0 Å². The Morgan fingerprint density at radius 2 is 1.74 bits per heavy atom. The Kier molecular flexibility index (Phi) is 4.43. The van der Waals surface area contributed by atoms with Crippen LogP contribution in [0.2, 0.25) is 0 Å². The van der Waals surface area contributed by atoms with Gasteiger partial charge in [0.05, 0.1) is 0 Å². The molecule has 0 amide bonds. The fourth-order valence-corrected chi connectivity index (χ4v) is 2.23. The van der Waals surface area contributed by atoms with Crippen molar-refractivity contribution in [3.8, 4) is 0 Å². The van der Waals surface area contributed by atoms with E-state index in [1.807, 2.05) is 0 Å². The van der Waals surface area contributed by atoms with E-state index in [0.29, 0.717) is 5.92 Å². The van der Waals surface area contributed by atoms with Crippen molar-refractivity contribution in [2.24, 2.45) is 5.73 Å². The zero-order valence-corrected chi connectivity index (χ0v) is 12.1. The molecule has 2 nitrogen and oxygen atoms in total. The SMILES string of the molecule is CCC(N)c1ccn(Cc2ccc(C(C)C)cc2)c1. The monoisotopic (exact) mass is 256 g/mol. The smallest absolute Gasteiger partial charge is 0.0470 e. The van der Waals surface area contributed by atoms with Gasteiger partial charge in [-0.1, -0.05) is 45.0 Å². The van der Waals surface area contributed by atoms with E-state index in [1.54, 1.807) is 0 Å². The van der Waals surface area contributed by atoms with E-state index < -0.39 is 0 Å². The average Bonchev–Trinajstić information content (AvgIpc) is 2.87. The molecule has 1 atom stereocenters. The second-order valence-corrected chi connectivity index (χ2v) is 5.53. The first kappa shape index (κ1) is 13.9. The van der Waals surface area contributed by atoms with Gasteiger partial charge >= 0.3 is 0 Å². The van der Waals surface area contributed by atoms with Crippen LogP contribution in [0.1, 0.15) is 55.8 Å². The first-order valence-corrected chi connectivity index (χ1v) is 7.10. The summed E-state index contributed by atoms with van der Waals surface area (Å²) in [6.07, 6.45) is 5.25. The minimum Gasteiger partial charge on any atom is -0.350 e. The lowest BCUT2D eigenvalue weighted by molar-refractivity contribution is 0.693. The summed E-state index contributed by atoms with van der Waals surface area (Å²) in [7, 11) is 0. The Bertz CT molecular complexity index is 508. The van der Waals surface area contributed by atoms with Gasteiger partial charge in [-0.15, -0.1) is 0 Å². The predicted octanol–water partition coefficient (Wildman–Crippen LogP) is 4.07. The number of rotatable bonds is 5. The zero-order chi connectivity index (χ0) is 13.8. The summed E-state index contributed by atoms with van der Waals surface area (Å²) >= 11 is 0. The third-order valence-corrected chi connectivity index (χ3v) is 3.65. The molecule has 2 heteroatoms. The molecule has 1 unspecified atom stereocenters. The van der Waals surface area contributed by atoms with Gasteiger partial charge in [0.1, 0.15) is 0 Å². The normalized spacial score (nSPS) is 12.9. The summed E-state index contributed by atoms with van der Waals surface area (Å²) in [5.74, 6) is 0.592. The van der Waals surface area contributed by atoms with Crippen LogP contribution in [-0.4, -0.2) is 4.57 Å². The summed E-state index contributed by atoms with van der Waals surface area (Å²) in [4.78, 5) is 0. The highest BCUT2D eigenvalue weighted by atomic mass is 14.9. The van der Waals surface area contributed by atoms with Gasteiger partial charge in [-0.3, -0.25) is 0 Å². The topological polar surface area (TPSA) is 30.9 Å². The van der Waals surface area contributed by atoms with Crippen LogP contribution in [0.25, 0.3) is 0 Å². The average molecular weight is 256 g/mol. The maximum atomic E-state index is 6.04. The van der Waals surface area contributed by atoms with E-state index in [-0.39, 0.29) is 6.04 Å². The molecular formula is C17H24N2. The zero-order valence-electron chi connectivity index (χ0n) is 12.1. The van der Waals surface area contributed by atoms with Gasteiger partial charge in [-0.25, -0.2) is 0 Å². The molecule has 0 radical (unpaired) electrons. The molecule has 2 aromatic rings. The second kappa shape index (κ2) is 6.07. The number of hydrogen-bond donors (Lipinski definition) is 1. The van der Waals surface area contributed by atoms with Crippen LogP contribution >= 0.6 is 0 Å². The molecule has 0 aliphatic carbocycles. The molecule has 0 saturated carbocycles. The molecule has 1 aromatic carbocycles. The summed E-state index contributed by atoms with van der Waals surface area (Å²) in [6.45, 7) is 7.47. The Balaban J connectivity index is 2.06. The highest BCUT2D eigenvalue weighted by molar-refractivity contribution is 5.25. The lowest BCUT2D eigenvalue weighted by atomic mass is 10.0. The molecule has 2 N–H and O–H groups in total. The van der Waals surface area contributed by atoms with Crippen LogP contribution in [0.5, 0.6) is 0 Å². The Morgan fingerprint density at radius 3 is 2.32 bits per heavy atom. The molecule has 2 rings (SSSR count). The highest BCUT2D eigenvalue weighted by Crippen LogP contribution is 2.17. The Hall–Kier alpha value is -1.54. The molecule has 0 fully saturated rings. The molecule has 0 bridgehead atoms. The molecule has 0 saturated heterocycles. The fourth-order valence-electron chi connectivity index (χ4n) is 2.23. The van der Waals surface area contributed by atoms with E-state index in [1.165, 1.54) is 16.7 Å². The summed E-state index contributed by atoms with van der Waals surface area (Å²) in [5, 5.41) is 0. The van der Waals surface area contributed by atoms with Gasteiger partial charge in [0.15, 0.2) is 0 Å². The van der Waals surface area contributed by atoms with Crippen LogP contribution in [-0.2, 0) is 6.54 Å². The maximum Gasteiger partial charge on any atom is 0.0470 e.